The molecule has 0 saturated carbocycles. The van der Waals surface area contributed by atoms with E-state index >= 15 is 0 Å². The van der Waals surface area contributed by atoms with Crippen molar-refractivity contribution < 1.29 is 13.9 Å². The van der Waals surface area contributed by atoms with Gasteiger partial charge in [-0.1, -0.05) is 30.3 Å². The summed E-state index contributed by atoms with van der Waals surface area (Å²) in [6, 6.07) is 12.5. The van der Waals surface area contributed by atoms with Crippen LogP contribution < -0.4 is 10.1 Å². The van der Waals surface area contributed by atoms with Gasteiger partial charge in [0.1, 0.15) is 11.6 Å². The summed E-state index contributed by atoms with van der Waals surface area (Å²) in [5.41, 5.74) is 2.87. The minimum Gasteiger partial charge on any atom is -0.483 e. The lowest BCUT2D eigenvalue weighted by atomic mass is 10.1. The van der Waals surface area contributed by atoms with Crippen LogP contribution in [0.1, 0.15) is 16.7 Å². The van der Waals surface area contributed by atoms with E-state index in [9.17, 15) is 9.18 Å². The highest BCUT2D eigenvalue weighted by Gasteiger charge is 2.06. The van der Waals surface area contributed by atoms with Crippen molar-refractivity contribution in [2.45, 2.75) is 19.6 Å². The van der Waals surface area contributed by atoms with Crippen LogP contribution in [-0.2, 0) is 10.5 Å². The number of amides is 1. The highest BCUT2D eigenvalue weighted by molar-refractivity contribution is 7.98. The van der Waals surface area contributed by atoms with E-state index in [0.29, 0.717) is 17.9 Å². The first-order valence-electron chi connectivity index (χ1n) is 7.85. The van der Waals surface area contributed by atoms with E-state index in [2.05, 4.69) is 5.32 Å². The molecule has 2 aromatic rings. The zero-order valence-corrected chi connectivity index (χ0v) is 14.8. The van der Waals surface area contributed by atoms with Crippen molar-refractivity contribution in [3.63, 3.8) is 0 Å². The number of rotatable bonds is 8. The maximum Gasteiger partial charge on any atom is 0.257 e. The second-order valence-corrected chi connectivity index (χ2v) is 6.59. The Morgan fingerprint density at radius 3 is 2.75 bits per heavy atom. The number of ether oxygens (including phenoxy) is 1. The van der Waals surface area contributed by atoms with Gasteiger partial charge in [0, 0.05) is 18.1 Å². The van der Waals surface area contributed by atoms with Crippen LogP contribution in [0, 0.1) is 19.7 Å². The smallest absolute Gasteiger partial charge is 0.257 e. The van der Waals surface area contributed by atoms with Crippen LogP contribution in [0.15, 0.2) is 42.5 Å². The predicted octanol–water partition coefficient (Wildman–Crippen LogP) is 3.87. The molecule has 1 amide bonds. The van der Waals surface area contributed by atoms with Crippen LogP contribution in [0.25, 0.3) is 0 Å². The molecular weight excluding hydrogens is 325 g/mol. The molecule has 0 saturated heterocycles. The van der Waals surface area contributed by atoms with Crippen molar-refractivity contribution >= 4 is 17.7 Å². The molecule has 0 radical (unpaired) electrons. The van der Waals surface area contributed by atoms with Gasteiger partial charge in [0.2, 0.25) is 0 Å². The number of carbonyl (C=O) groups is 1. The third-order valence-corrected chi connectivity index (χ3v) is 4.71. The van der Waals surface area contributed by atoms with Gasteiger partial charge in [0.15, 0.2) is 6.61 Å². The third kappa shape index (κ3) is 5.57. The first-order chi connectivity index (χ1) is 11.6. The van der Waals surface area contributed by atoms with Crippen molar-refractivity contribution in [3.05, 3.63) is 65.0 Å². The van der Waals surface area contributed by atoms with Crippen molar-refractivity contribution in [1.82, 2.24) is 5.32 Å². The molecule has 0 bridgehead atoms. The summed E-state index contributed by atoms with van der Waals surface area (Å²) < 4.78 is 19.0. The van der Waals surface area contributed by atoms with Crippen LogP contribution in [0.5, 0.6) is 5.75 Å². The minimum atomic E-state index is -0.184. The molecule has 5 heteroatoms. The van der Waals surface area contributed by atoms with Crippen LogP contribution >= 0.6 is 11.8 Å². The van der Waals surface area contributed by atoms with Crippen LogP contribution in [0.2, 0.25) is 0 Å². The van der Waals surface area contributed by atoms with Gasteiger partial charge < -0.3 is 10.1 Å². The van der Waals surface area contributed by atoms with Crippen LogP contribution in [0.3, 0.4) is 0 Å². The Morgan fingerprint density at radius 1 is 1.17 bits per heavy atom. The zero-order valence-electron chi connectivity index (χ0n) is 14.0. The van der Waals surface area contributed by atoms with Gasteiger partial charge in [-0.05, 0) is 42.7 Å². The molecule has 24 heavy (non-hydrogen) atoms. The molecule has 1 N–H and O–H groups in total. The lowest BCUT2D eigenvalue weighted by Crippen LogP contribution is -2.30. The summed E-state index contributed by atoms with van der Waals surface area (Å²) >= 11 is 1.59. The van der Waals surface area contributed by atoms with Crippen molar-refractivity contribution in [3.8, 4) is 5.75 Å². The van der Waals surface area contributed by atoms with E-state index < -0.39 is 0 Å². The average molecular weight is 347 g/mol. The minimum absolute atomic E-state index is 0.00226. The standard InChI is InChI=1S/C19H22FNO2S/c1-14-6-5-9-18(15(14)2)23-12-19(22)21-10-11-24-13-16-7-3-4-8-17(16)20/h3-9H,10-13H2,1-2H3,(H,21,22). The molecule has 0 aliphatic rings. The first-order valence-corrected chi connectivity index (χ1v) is 9.00. The molecule has 2 aromatic carbocycles. The van der Waals surface area contributed by atoms with Crippen molar-refractivity contribution in [2.24, 2.45) is 0 Å². The molecule has 3 nitrogen and oxygen atoms in total. The van der Waals surface area contributed by atoms with Gasteiger partial charge in [-0.3, -0.25) is 4.79 Å². The zero-order chi connectivity index (χ0) is 17.4. The summed E-state index contributed by atoms with van der Waals surface area (Å²) in [7, 11) is 0. The molecule has 0 spiro atoms. The Balaban J connectivity index is 1.63. The van der Waals surface area contributed by atoms with E-state index in [0.717, 1.165) is 22.6 Å². The summed E-state index contributed by atoms with van der Waals surface area (Å²) in [4.78, 5) is 11.8. The van der Waals surface area contributed by atoms with Gasteiger partial charge in [0.25, 0.3) is 5.91 Å². The number of hydrogen-bond donors (Lipinski definition) is 1. The van der Waals surface area contributed by atoms with E-state index in [1.165, 1.54) is 6.07 Å². The van der Waals surface area contributed by atoms with Crippen molar-refractivity contribution in [1.29, 1.82) is 0 Å². The first kappa shape index (κ1) is 18.3. The predicted molar refractivity (Wildman–Crippen MR) is 97.0 cm³/mol. The maximum absolute atomic E-state index is 13.4. The maximum atomic E-state index is 13.4. The van der Waals surface area contributed by atoms with Gasteiger partial charge in [0.05, 0.1) is 0 Å². The summed E-state index contributed by atoms with van der Waals surface area (Å²) in [5, 5.41) is 2.81. The summed E-state index contributed by atoms with van der Waals surface area (Å²) in [6.07, 6.45) is 0. The Morgan fingerprint density at radius 2 is 1.96 bits per heavy atom. The van der Waals surface area contributed by atoms with E-state index in [4.69, 9.17) is 4.74 Å². The molecule has 0 fully saturated rings. The van der Waals surface area contributed by atoms with E-state index in [-0.39, 0.29) is 18.3 Å². The number of thioether (sulfide) groups is 1. The fourth-order valence-corrected chi connectivity index (χ4v) is 2.98. The Hall–Kier alpha value is -2.01. The topological polar surface area (TPSA) is 38.3 Å². The number of halogens is 1. The quantitative estimate of drug-likeness (QED) is 0.737. The number of benzene rings is 2. The third-order valence-electron chi connectivity index (χ3n) is 3.70. The second kappa shape index (κ2) is 9.33. The lowest BCUT2D eigenvalue weighted by molar-refractivity contribution is -0.122. The van der Waals surface area contributed by atoms with Gasteiger partial charge in [-0.15, -0.1) is 0 Å². The van der Waals surface area contributed by atoms with Crippen molar-refractivity contribution in [2.75, 3.05) is 18.9 Å². The van der Waals surface area contributed by atoms with Crippen LogP contribution in [0.4, 0.5) is 4.39 Å². The fraction of sp³-hybridized carbons (Fsp3) is 0.316. The number of hydrogen-bond acceptors (Lipinski definition) is 3. The molecule has 128 valence electrons. The Bertz CT molecular complexity index is 691. The SMILES string of the molecule is Cc1cccc(OCC(=O)NCCSCc2ccccc2F)c1C. The molecule has 2 rings (SSSR count). The summed E-state index contributed by atoms with van der Waals surface area (Å²) in [6.45, 7) is 4.52. The molecule has 0 aliphatic heterocycles. The molecule has 0 atom stereocenters. The lowest BCUT2D eigenvalue weighted by Gasteiger charge is -2.11. The Labute approximate surface area is 146 Å². The van der Waals surface area contributed by atoms with E-state index in [1.807, 2.05) is 38.1 Å². The molecule has 0 aromatic heterocycles. The normalized spacial score (nSPS) is 10.5. The highest BCUT2D eigenvalue weighted by atomic mass is 32.2. The highest BCUT2D eigenvalue weighted by Crippen LogP contribution is 2.20. The molecular formula is C19H22FNO2S. The van der Waals surface area contributed by atoms with Crippen LogP contribution in [-0.4, -0.2) is 24.8 Å². The van der Waals surface area contributed by atoms with Gasteiger partial charge >= 0.3 is 0 Å². The van der Waals surface area contributed by atoms with E-state index in [1.54, 1.807) is 23.9 Å². The second-order valence-electron chi connectivity index (χ2n) is 5.48. The largest absolute Gasteiger partial charge is 0.483 e. The molecule has 0 unspecified atom stereocenters. The number of carbonyl (C=O) groups excluding carboxylic acids is 1. The molecule has 0 heterocycles. The average Bonchev–Trinajstić information content (AvgIpc) is 2.57. The van der Waals surface area contributed by atoms with Gasteiger partial charge in [-0.2, -0.15) is 11.8 Å². The van der Waals surface area contributed by atoms with Gasteiger partial charge in [-0.25, -0.2) is 4.39 Å². The molecule has 0 aliphatic carbocycles. The Kier molecular flexibility index (Phi) is 7.12. The summed E-state index contributed by atoms with van der Waals surface area (Å²) in [5.74, 6) is 1.72. The fourth-order valence-electron chi connectivity index (χ4n) is 2.14. The monoisotopic (exact) mass is 347 g/mol. The number of nitrogens with one attached hydrogen (secondary N) is 1. The number of aryl methyl sites for hydroxylation is 1.